The number of carboxylic acids is 1. The van der Waals surface area contributed by atoms with E-state index in [2.05, 4.69) is 5.32 Å². The number of benzene rings is 3. The number of carboxylic acid groups (broad SMARTS) is 1. The smallest absolute Gasteiger partial charge is 0.306 e. The molecule has 0 saturated carbocycles. The highest BCUT2D eigenvalue weighted by Crippen LogP contribution is 2.31. The van der Waals surface area contributed by atoms with Crippen molar-refractivity contribution >= 4 is 32.5 Å². The van der Waals surface area contributed by atoms with Gasteiger partial charge in [-0.05, 0) is 29.9 Å². The van der Waals surface area contributed by atoms with Crippen LogP contribution in [-0.2, 0) is 25.8 Å². The Balaban J connectivity index is 1.86. The molecule has 0 fully saturated rings. The maximum Gasteiger partial charge on any atom is 0.306 e. The normalized spacial score (nSPS) is 13.5. The Morgan fingerprint density at radius 2 is 1.58 bits per heavy atom. The van der Waals surface area contributed by atoms with Crippen LogP contribution in [0, 0.1) is 0 Å². The molecule has 8 heteroatoms. The second-order valence-corrected chi connectivity index (χ2v) is 9.46. The molecule has 1 amide bonds. The van der Waals surface area contributed by atoms with Gasteiger partial charge in [-0.2, -0.15) is 0 Å². The summed E-state index contributed by atoms with van der Waals surface area (Å²) in [5.74, 6) is -2.51. The Morgan fingerprint density at radius 1 is 0.935 bits per heavy atom. The molecular weight excluding hydrogens is 416 g/mol. The maximum absolute atomic E-state index is 13.5. The van der Waals surface area contributed by atoms with Gasteiger partial charge in [0.2, 0.25) is 14.7 Å². The molecule has 0 spiro atoms. The van der Waals surface area contributed by atoms with Crippen molar-refractivity contribution in [2.75, 3.05) is 6.54 Å². The van der Waals surface area contributed by atoms with E-state index < -0.39 is 33.0 Å². The van der Waals surface area contributed by atoms with E-state index in [0.717, 1.165) is 5.56 Å². The van der Waals surface area contributed by atoms with Gasteiger partial charge in [0, 0.05) is 11.9 Å². The summed E-state index contributed by atoms with van der Waals surface area (Å²) < 4.78 is 26.9. The molecule has 0 unspecified atom stereocenters. The minimum Gasteiger partial charge on any atom is -0.481 e. The van der Waals surface area contributed by atoms with Gasteiger partial charge in [-0.1, -0.05) is 66.7 Å². The molecule has 0 radical (unpaired) electrons. The molecule has 0 aliphatic carbocycles. The predicted molar refractivity (Wildman–Crippen MR) is 118 cm³/mol. The molecule has 7 nitrogen and oxygen atoms in total. The van der Waals surface area contributed by atoms with Crippen LogP contribution in [-0.4, -0.2) is 36.8 Å². The number of nitrogens with two attached hydrogens (primary N) is 1. The Kier molecular flexibility index (Phi) is 6.72. The zero-order chi connectivity index (χ0) is 22.5. The summed E-state index contributed by atoms with van der Waals surface area (Å²) in [7, 11) is -4.53. The summed E-state index contributed by atoms with van der Waals surface area (Å²) in [4.78, 5) is 21.5. The van der Waals surface area contributed by atoms with Crippen molar-refractivity contribution in [1.29, 1.82) is 0 Å². The summed E-state index contributed by atoms with van der Waals surface area (Å²) in [5, 5.41) is 12.9. The first kappa shape index (κ1) is 22.5. The zero-order valence-corrected chi connectivity index (χ0v) is 17.6. The van der Waals surface area contributed by atoms with Crippen LogP contribution in [0.3, 0.4) is 0 Å². The van der Waals surface area contributed by atoms with Crippen LogP contribution in [0.5, 0.6) is 0 Å². The first-order chi connectivity index (χ1) is 14.8. The topological polar surface area (TPSA) is 127 Å². The Morgan fingerprint density at radius 3 is 2.29 bits per heavy atom. The number of carbonyl (C=O) groups excluding carboxylic acids is 1. The van der Waals surface area contributed by atoms with Crippen LogP contribution in [0.2, 0.25) is 0 Å². The third-order valence-electron chi connectivity index (χ3n) is 5.09. The van der Waals surface area contributed by atoms with Crippen LogP contribution in [0.4, 0.5) is 0 Å². The van der Waals surface area contributed by atoms with E-state index in [9.17, 15) is 23.1 Å². The number of rotatable bonds is 9. The van der Waals surface area contributed by atoms with Gasteiger partial charge >= 0.3 is 5.97 Å². The highest BCUT2D eigenvalue weighted by atomic mass is 32.2. The SMILES string of the molecule is N[C@@](CC(=O)O)(C(=O)NCCCc1ccccc1)S(=O)(=O)c1cccc2ccccc12. The Bertz CT molecular complexity index is 1190. The van der Waals surface area contributed by atoms with Crippen LogP contribution in [0.25, 0.3) is 10.8 Å². The van der Waals surface area contributed by atoms with E-state index in [-0.39, 0.29) is 11.4 Å². The fraction of sp³-hybridized carbons (Fsp3) is 0.217. The summed E-state index contributed by atoms with van der Waals surface area (Å²) >= 11 is 0. The largest absolute Gasteiger partial charge is 0.481 e. The lowest BCUT2D eigenvalue weighted by atomic mass is 10.1. The number of amides is 1. The van der Waals surface area contributed by atoms with Gasteiger partial charge in [-0.3, -0.25) is 9.59 Å². The highest BCUT2D eigenvalue weighted by Gasteiger charge is 2.50. The number of nitrogens with one attached hydrogen (secondary N) is 1. The lowest BCUT2D eigenvalue weighted by Crippen LogP contribution is -2.60. The molecule has 0 bridgehead atoms. The van der Waals surface area contributed by atoms with Gasteiger partial charge in [-0.15, -0.1) is 0 Å². The molecule has 4 N–H and O–H groups in total. The standard InChI is InChI=1S/C23H24N2O5S/c24-23(16-21(26)27,22(28)25-15-7-10-17-8-2-1-3-9-17)31(29,30)20-14-6-12-18-11-4-5-13-19(18)20/h1-6,8-9,11-14H,7,10,15-16,24H2,(H,25,28)(H,26,27)/t23-/m1/s1. The van der Waals surface area contributed by atoms with Crippen molar-refractivity contribution in [3.63, 3.8) is 0 Å². The van der Waals surface area contributed by atoms with Gasteiger partial charge in [-0.25, -0.2) is 8.42 Å². The van der Waals surface area contributed by atoms with Gasteiger partial charge in [0.1, 0.15) is 0 Å². The van der Waals surface area contributed by atoms with Crippen molar-refractivity contribution in [3.8, 4) is 0 Å². The fourth-order valence-corrected chi connectivity index (χ4v) is 5.19. The van der Waals surface area contributed by atoms with Gasteiger partial charge in [0.25, 0.3) is 5.91 Å². The summed E-state index contributed by atoms with van der Waals surface area (Å²) in [6.45, 7) is 0.164. The molecule has 0 aromatic heterocycles. The highest BCUT2D eigenvalue weighted by molar-refractivity contribution is 7.93. The van der Waals surface area contributed by atoms with Crippen molar-refractivity contribution in [2.45, 2.75) is 29.0 Å². The second kappa shape index (κ2) is 9.28. The van der Waals surface area contributed by atoms with Gasteiger partial charge in [0.05, 0.1) is 11.3 Å². The molecule has 0 saturated heterocycles. The molecule has 3 aromatic carbocycles. The van der Waals surface area contributed by atoms with Gasteiger partial charge in [0.15, 0.2) is 0 Å². The molecule has 162 valence electrons. The minimum absolute atomic E-state index is 0.164. The minimum atomic E-state index is -4.53. The van der Waals surface area contributed by atoms with E-state index in [0.29, 0.717) is 23.6 Å². The second-order valence-electron chi connectivity index (χ2n) is 7.29. The molecule has 1 atom stereocenters. The van der Waals surface area contributed by atoms with Crippen molar-refractivity contribution < 1.29 is 23.1 Å². The van der Waals surface area contributed by atoms with Crippen molar-refractivity contribution in [1.82, 2.24) is 5.32 Å². The van der Waals surface area contributed by atoms with Crippen LogP contribution in [0.1, 0.15) is 18.4 Å². The quantitative estimate of drug-likeness (QED) is 0.439. The maximum atomic E-state index is 13.5. The number of sulfone groups is 1. The van der Waals surface area contributed by atoms with E-state index in [1.807, 2.05) is 30.3 Å². The van der Waals surface area contributed by atoms with Crippen molar-refractivity contribution in [2.24, 2.45) is 5.73 Å². The van der Waals surface area contributed by atoms with E-state index in [1.54, 1.807) is 30.3 Å². The molecule has 0 aliphatic rings. The van der Waals surface area contributed by atoms with E-state index in [4.69, 9.17) is 5.73 Å². The lowest BCUT2D eigenvalue weighted by molar-refractivity contribution is -0.140. The molecule has 31 heavy (non-hydrogen) atoms. The van der Waals surface area contributed by atoms with Crippen LogP contribution >= 0.6 is 0 Å². The summed E-state index contributed by atoms with van der Waals surface area (Å²) in [5.41, 5.74) is 7.13. The van der Waals surface area contributed by atoms with Crippen molar-refractivity contribution in [3.05, 3.63) is 78.4 Å². The zero-order valence-electron chi connectivity index (χ0n) is 16.8. The average molecular weight is 441 g/mol. The number of hydrogen-bond acceptors (Lipinski definition) is 5. The predicted octanol–water partition coefficient (Wildman–Crippen LogP) is 2.49. The number of aliphatic carboxylic acids is 1. The third-order valence-corrected chi connectivity index (χ3v) is 7.31. The molecule has 0 aliphatic heterocycles. The van der Waals surface area contributed by atoms with E-state index >= 15 is 0 Å². The first-order valence-corrected chi connectivity index (χ1v) is 11.3. The number of aryl methyl sites for hydroxylation is 1. The fourth-order valence-electron chi connectivity index (χ4n) is 3.44. The molecule has 3 aromatic rings. The van der Waals surface area contributed by atoms with E-state index in [1.165, 1.54) is 12.1 Å². The third kappa shape index (κ3) is 4.76. The molecular formula is C23H24N2O5S. The summed E-state index contributed by atoms with van der Waals surface area (Å²) in [6.07, 6.45) is 0.171. The number of hydrogen-bond donors (Lipinski definition) is 3. The average Bonchev–Trinajstić information content (AvgIpc) is 2.76. The number of fused-ring (bicyclic) bond motifs is 1. The monoisotopic (exact) mass is 440 g/mol. The Labute approximate surface area is 180 Å². The lowest BCUT2D eigenvalue weighted by Gasteiger charge is -2.27. The molecule has 0 heterocycles. The number of carbonyl (C=O) groups is 2. The molecule has 3 rings (SSSR count). The summed E-state index contributed by atoms with van der Waals surface area (Å²) in [6, 6.07) is 21.0. The first-order valence-electron chi connectivity index (χ1n) is 9.81. The van der Waals surface area contributed by atoms with Crippen LogP contribution < -0.4 is 11.1 Å². The van der Waals surface area contributed by atoms with Gasteiger partial charge < -0.3 is 16.2 Å². The van der Waals surface area contributed by atoms with Crippen LogP contribution in [0.15, 0.2) is 77.7 Å². The Hall–Kier alpha value is -3.23.